The highest BCUT2D eigenvalue weighted by molar-refractivity contribution is 7.80. The van der Waals surface area contributed by atoms with Gasteiger partial charge in [0.2, 0.25) is 0 Å². The van der Waals surface area contributed by atoms with Gasteiger partial charge in [0, 0.05) is 17.8 Å². The fourth-order valence-corrected chi connectivity index (χ4v) is 1.99. The van der Waals surface area contributed by atoms with Crippen molar-refractivity contribution in [3.8, 4) is 0 Å². The minimum Gasteiger partial charge on any atom is -0.307 e. The Labute approximate surface area is 105 Å². The van der Waals surface area contributed by atoms with E-state index in [0.29, 0.717) is 0 Å². The lowest BCUT2D eigenvalue weighted by Crippen LogP contribution is -2.32. The molecule has 0 amide bonds. The van der Waals surface area contributed by atoms with Gasteiger partial charge in [-0.05, 0) is 17.5 Å². The van der Waals surface area contributed by atoms with Crippen LogP contribution in [0.3, 0.4) is 0 Å². The quantitative estimate of drug-likeness (QED) is 0.571. The summed E-state index contributed by atoms with van der Waals surface area (Å²) in [6.07, 6.45) is 2.39. The predicted molar refractivity (Wildman–Crippen MR) is 75.3 cm³/mol. The Bertz CT molecular complexity index is 303. The summed E-state index contributed by atoms with van der Waals surface area (Å²) >= 11 is 4.18. The van der Waals surface area contributed by atoms with Crippen LogP contribution >= 0.6 is 12.6 Å². The van der Waals surface area contributed by atoms with Crippen molar-refractivity contribution < 1.29 is 0 Å². The topological polar surface area (TPSA) is 12.0 Å². The molecular formula is C14H23NS. The van der Waals surface area contributed by atoms with Crippen molar-refractivity contribution in [3.63, 3.8) is 0 Å². The zero-order valence-corrected chi connectivity index (χ0v) is 11.5. The number of aryl methyl sites for hydroxylation is 1. The third kappa shape index (κ3) is 3.84. The van der Waals surface area contributed by atoms with Gasteiger partial charge in [-0.2, -0.15) is 12.6 Å². The fourth-order valence-electron chi connectivity index (χ4n) is 1.88. The highest BCUT2D eigenvalue weighted by Crippen LogP contribution is 2.22. The number of hydrogen-bond donors (Lipinski definition) is 2. The molecule has 0 aliphatic rings. The Morgan fingerprint density at radius 3 is 2.31 bits per heavy atom. The van der Waals surface area contributed by atoms with Crippen molar-refractivity contribution in [3.05, 3.63) is 35.4 Å². The maximum Gasteiger partial charge on any atom is 0.0387 e. The van der Waals surface area contributed by atoms with Crippen molar-refractivity contribution in [2.75, 3.05) is 12.4 Å². The summed E-state index contributed by atoms with van der Waals surface area (Å²) in [5.41, 5.74) is 3.00. The lowest BCUT2D eigenvalue weighted by molar-refractivity contribution is 0.490. The van der Waals surface area contributed by atoms with E-state index < -0.39 is 0 Å². The molecule has 0 atom stereocenters. The van der Waals surface area contributed by atoms with Crippen LogP contribution in [0.4, 0.5) is 0 Å². The van der Waals surface area contributed by atoms with Gasteiger partial charge in [-0.25, -0.2) is 0 Å². The highest BCUT2D eigenvalue weighted by atomic mass is 32.1. The molecule has 0 unspecified atom stereocenters. The molecular weight excluding hydrogens is 214 g/mol. The van der Waals surface area contributed by atoms with E-state index in [9.17, 15) is 0 Å². The molecule has 0 aromatic heterocycles. The molecule has 2 heteroatoms. The molecule has 0 aliphatic carbocycles. The summed E-state index contributed by atoms with van der Waals surface area (Å²) in [4.78, 5) is 0. The van der Waals surface area contributed by atoms with E-state index >= 15 is 0 Å². The monoisotopic (exact) mass is 237 g/mol. The van der Waals surface area contributed by atoms with Crippen LogP contribution in [0.15, 0.2) is 24.3 Å². The number of hydrogen-bond acceptors (Lipinski definition) is 2. The van der Waals surface area contributed by atoms with Gasteiger partial charge in [0.05, 0.1) is 0 Å². The number of benzene rings is 1. The average Bonchev–Trinajstić information content (AvgIpc) is 2.28. The molecule has 0 spiro atoms. The molecule has 1 N–H and O–H groups in total. The predicted octanol–water partition coefficient (Wildman–Crippen LogP) is 3.39. The van der Waals surface area contributed by atoms with Crippen LogP contribution in [0.1, 0.15) is 38.3 Å². The van der Waals surface area contributed by atoms with Gasteiger partial charge in [-0.3, -0.25) is 0 Å². The molecule has 0 bridgehead atoms. The fraction of sp³-hybridized carbons (Fsp3) is 0.571. The molecule has 0 radical (unpaired) electrons. The lowest BCUT2D eigenvalue weighted by Gasteiger charge is -2.25. The third-order valence-corrected chi connectivity index (χ3v) is 3.18. The Morgan fingerprint density at radius 1 is 1.19 bits per heavy atom. The van der Waals surface area contributed by atoms with E-state index in [1.807, 2.05) is 0 Å². The van der Waals surface area contributed by atoms with Crippen molar-refractivity contribution >= 4 is 12.6 Å². The number of rotatable bonds is 6. The van der Waals surface area contributed by atoms with E-state index in [4.69, 9.17) is 0 Å². The van der Waals surface area contributed by atoms with Gasteiger partial charge in [0.1, 0.15) is 0 Å². The Balaban J connectivity index is 2.71. The summed E-state index contributed by atoms with van der Waals surface area (Å²) in [5.74, 6) is 0.733. The molecule has 1 rings (SSSR count). The Kier molecular flexibility index (Phi) is 5.36. The van der Waals surface area contributed by atoms with Crippen molar-refractivity contribution in [2.24, 2.45) is 0 Å². The minimum absolute atomic E-state index is 0.174. The molecule has 0 heterocycles. The SMILES string of the molecule is CCCc1ccc(C(C)(C)CNCS)cc1. The standard InChI is InChI=1S/C14H23NS/c1-4-5-12-6-8-13(9-7-12)14(2,3)10-15-11-16/h6-9,15-16H,4-5,10-11H2,1-3H3. The van der Waals surface area contributed by atoms with Gasteiger partial charge in [-0.1, -0.05) is 51.5 Å². The van der Waals surface area contributed by atoms with Gasteiger partial charge in [-0.15, -0.1) is 0 Å². The first-order chi connectivity index (χ1) is 7.60. The number of nitrogens with one attached hydrogen (secondary N) is 1. The second-order valence-corrected chi connectivity index (χ2v) is 5.23. The number of thiol groups is 1. The van der Waals surface area contributed by atoms with E-state index in [1.165, 1.54) is 24.0 Å². The molecule has 0 fully saturated rings. The van der Waals surface area contributed by atoms with Crippen LogP contribution in [-0.2, 0) is 11.8 Å². The van der Waals surface area contributed by atoms with Crippen LogP contribution < -0.4 is 5.32 Å². The molecule has 0 saturated carbocycles. The largest absolute Gasteiger partial charge is 0.307 e. The maximum absolute atomic E-state index is 4.18. The normalized spacial score (nSPS) is 11.8. The molecule has 0 saturated heterocycles. The molecule has 0 aliphatic heterocycles. The molecule has 90 valence electrons. The lowest BCUT2D eigenvalue weighted by atomic mass is 9.84. The first kappa shape index (κ1) is 13.6. The average molecular weight is 237 g/mol. The summed E-state index contributed by atoms with van der Waals surface area (Å²) in [7, 11) is 0. The van der Waals surface area contributed by atoms with Gasteiger partial charge in [0.25, 0.3) is 0 Å². The third-order valence-electron chi connectivity index (χ3n) is 2.95. The Morgan fingerprint density at radius 2 is 1.81 bits per heavy atom. The molecule has 1 aromatic carbocycles. The van der Waals surface area contributed by atoms with Crippen LogP contribution in [0.5, 0.6) is 0 Å². The van der Waals surface area contributed by atoms with Crippen molar-refractivity contribution in [1.29, 1.82) is 0 Å². The van der Waals surface area contributed by atoms with Crippen molar-refractivity contribution in [2.45, 2.75) is 39.0 Å². The second-order valence-electron chi connectivity index (χ2n) is 4.92. The van der Waals surface area contributed by atoms with Gasteiger partial charge < -0.3 is 5.32 Å². The van der Waals surface area contributed by atoms with Gasteiger partial charge in [0.15, 0.2) is 0 Å². The van der Waals surface area contributed by atoms with Crippen molar-refractivity contribution in [1.82, 2.24) is 5.32 Å². The van der Waals surface area contributed by atoms with Crippen LogP contribution in [-0.4, -0.2) is 12.4 Å². The zero-order chi connectivity index (χ0) is 12.0. The van der Waals surface area contributed by atoms with E-state index in [0.717, 1.165) is 12.4 Å². The van der Waals surface area contributed by atoms with Crippen LogP contribution in [0.2, 0.25) is 0 Å². The maximum atomic E-state index is 4.18. The highest BCUT2D eigenvalue weighted by Gasteiger charge is 2.19. The summed E-state index contributed by atoms with van der Waals surface area (Å²) in [6, 6.07) is 9.01. The summed E-state index contributed by atoms with van der Waals surface area (Å²) in [6.45, 7) is 7.70. The first-order valence-corrected chi connectivity index (χ1v) is 6.64. The summed E-state index contributed by atoms with van der Waals surface area (Å²) < 4.78 is 0. The molecule has 1 aromatic rings. The smallest absolute Gasteiger partial charge is 0.0387 e. The second kappa shape index (κ2) is 6.31. The minimum atomic E-state index is 0.174. The Hall–Kier alpha value is -0.470. The molecule has 1 nitrogen and oxygen atoms in total. The van der Waals surface area contributed by atoms with E-state index in [-0.39, 0.29) is 5.41 Å². The summed E-state index contributed by atoms with van der Waals surface area (Å²) in [5, 5.41) is 3.29. The first-order valence-electron chi connectivity index (χ1n) is 6.01. The van der Waals surface area contributed by atoms with Crippen LogP contribution in [0, 0.1) is 0 Å². The van der Waals surface area contributed by atoms with Crippen LogP contribution in [0.25, 0.3) is 0 Å². The molecule has 16 heavy (non-hydrogen) atoms. The van der Waals surface area contributed by atoms with E-state index in [1.54, 1.807) is 0 Å². The van der Waals surface area contributed by atoms with Gasteiger partial charge >= 0.3 is 0 Å². The zero-order valence-electron chi connectivity index (χ0n) is 10.6. The van der Waals surface area contributed by atoms with E-state index in [2.05, 4.69) is 63.0 Å².